The summed E-state index contributed by atoms with van der Waals surface area (Å²) in [5.74, 6) is 1.13. The molecule has 1 saturated heterocycles. The van der Waals surface area contributed by atoms with Crippen LogP contribution in [-0.4, -0.2) is 64.2 Å². The summed E-state index contributed by atoms with van der Waals surface area (Å²) in [5.41, 5.74) is 0. The Hall–Kier alpha value is -0.0600. The van der Waals surface area contributed by atoms with Gasteiger partial charge in [-0.3, -0.25) is 4.90 Å². The minimum Gasteiger partial charge on any atom is -0.392 e. The lowest BCUT2D eigenvalue weighted by molar-refractivity contribution is -0.511. The molecule has 4 heteroatoms. The van der Waals surface area contributed by atoms with Crippen molar-refractivity contribution >= 4 is 18.0 Å². The monoisotopic (exact) mass is 229 g/mol. The molecule has 0 radical (unpaired) electrons. The number of aliphatic hydroxyl groups excluding tert-OH is 1. The first kappa shape index (κ1) is 11.4. The zero-order chi connectivity index (χ0) is 10.8. The molecule has 2 aliphatic rings. The van der Waals surface area contributed by atoms with Gasteiger partial charge in [0.15, 0.2) is 6.21 Å². The average molecular weight is 229 g/mol. The van der Waals surface area contributed by atoms with Crippen LogP contribution < -0.4 is 0 Å². The smallest absolute Gasteiger partial charge is 0.213 e. The number of β-amino-alcohol motifs (C(OH)–C–C–N with tert-alkyl or cyclic N) is 1. The van der Waals surface area contributed by atoms with E-state index >= 15 is 0 Å². The van der Waals surface area contributed by atoms with E-state index in [-0.39, 0.29) is 6.10 Å². The molecule has 0 unspecified atom stereocenters. The van der Waals surface area contributed by atoms with Gasteiger partial charge < -0.3 is 5.11 Å². The molecule has 3 atom stereocenters. The SMILES string of the molecule is C[C@@H]([C@@H]1SCC=[N+]1C)N1CCC[C@H](O)C1. The Kier molecular flexibility index (Phi) is 3.69. The Balaban J connectivity index is 1.94. The summed E-state index contributed by atoms with van der Waals surface area (Å²) in [6, 6.07) is 0.536. The molecule has 0 aromatic heterocycles. The highest BCUT2D eigenvalue weighted by Gasteiger charge is 2.35. The van der Waals surface area contributed by atoms with Crippen LogP contribution in [0.25, 0.3) is 0 Å². The normalized spacial score (nSPS) is 35.3. The second kappa shape index (κ2) is 4.85. The quantitative estimate of drug-likeness (QED) is 0.703. The standard InChI is InChI=1S/C11H21N2OS/c1-9(11-12(2)6-7-15-11)13-5-3-4-10(14)8-13/h6,9-11,14H,3-5,7-8H2,1-2H3/q+1/t9-,10-,11-/m0/s1. The molecule has 0 aromatic carbocycles. The minimum atomic E-state index is -0.109. The van der Waals surface area contributed by atoms with E-state index in [0.29, 0.717) is 11.4 Å². The maximum absolute atomic E-state index is 9.67. The lowest BCUT2D eigenvalue weighted by Gasteiger charge is -2.35. The number of piperidine rings is 1. The van der Waals surface area contributed by atoms with Gasteiger partial charge in [-0.15, -0.1) is 0 Å². The van der Waals surface area contributed by atoms with Gasteiger partial charge in [-0.2, -0.15) is 0 Å². The Bertz CT molecular complexity index is 257. The molecule has 1 N–H and O–H groups in total. The molecule has 1 fully saturated rings. The first-order valence-electron chi connectivity index (χ1n) is 5.77. The van der Waals surface area contributed by atoms with Gasteiger partial charge in [0.1, 0.15) is 7.05 Å². The van der Waals surface area contributed by atoms with E-state index in [1.165, 1.54) is 0 Å². The van der Waals surface area contributed by atoms with Crippen LogP contribution in [0.2, 0.25) is 0 Å². The van der Waals surface area contributed by atoms with E-state index < -0.39 is 0 Å². The van der Waals surface area contributed by atoms with E-state index in [2.05, 4.69) is 29.7 Å². The van der Waals surface area contributed by atoms with Crippen LogP contribution in [0.5, 0.6) is 0 Å². The molecule has 0 amide bonds. The zero-order valence-corrected chi connectivity index (χ0v) is 10.4. The lowest BCUT2D eigenvalue weighted by atomic mass is 10.1. The van der Waals surface area contributed by atoms with E-state index in [0.717, 1.165) is 31.7 Å². The van der Waals surface area contributed by atoms with Crippen molar-refractivity contribution in [1.82, 2.24) is 4.90 Å². The van der Waals surface area contributed by atoms with Gasteiger partial charge in [-0.05, 0) is 26.3 Å². The Morgan fingerprint density at radius 1 is 1.60 bits per heavy atom. The van der Waals surface area contributed by atoms with Gasteiger partial charge in [-0.25, -0.2) is 4.58 Å². The summed E-state index contributed by atoms with van der Waals surface area (Å²) < 4.78 is 2.32. The predicted molar refractivity (Wildman–Crippen MR) is 64.8 cm³/mol. The molecule has 15 heavy (non-hydrogen) atoms. The van der Waals surface area contributed by atoms with Crippen LogP contribution in [0.3, 0.4) is 0 Å². The third-order valence-corrected chi connectivity index (χ3v) is 4.86. The molecule has 0 aromatic rings. The highest BCUT2D eigenvalue weighted by Crippen LogP contribution is 2.24. The van der Waals surface area contributed by atoms with Crippen molar-refractivity contribution in [3.8, 4) is 0 Å². The molecule has 3 nitrogen and oxygen atoms in total. The highest BCUT2D eigenvalue weighted by molar-refractivity contribution is 8.00. The number of hydrogen-bond acceptors (Lipinski definition) is 3. The molecule has 0 saturated carbocycles. The van der Waals surface area contributed by atoms with E-state index in [1.807, 2.05) is 11.8 Å². The first-order chi connectivity index (χ1) is 7.18. The van der Waals surface area contributed by atoms with Crippen molar-refractivity contribution in [2.75, 3.05) is 25.9 Å². The summed E-state index contributed by atoms with van der Waals surface area (Å²) >= 11 is 2.00. The molecule has 2 aliphatic heterocycles. The maximum Gasteiger partial charge on any atom is 0.213 e. The first-order valence-corrected chi connectivity index (χ1v) is 6.82. The Morgan fingerprint density at radius 3 is 3.00 bits per heavy atom. The van der Waals surface area contributed by atoms with Crippen LogP contribution in [0.4, 0.5) is 0 Å². The molecular formula is C11H21N2OS+. The number of rotatable bonds is 2. The van der Waals surface area contributed by atoms with E-state index in [1.54, 1.807) is 0 Å². The van der Waals surface area contributed by atoms with Crippen LogP contribution >= 0.6 is 11.8 Å². The van der Waals surface area contributed by atoms with Crippen molar-refractivity contribution in [3.63, 3.8) is 0 Å². The maximum atomic E-state index is 9.67. The van der Waals surface area contributed by atoms with Crippen molar-refractivity contribution in [3.05, 3.63) is 0 Å². The van der Waals surface area contributed by atoms with E-state index in [9.17, 15) is 5.11 Å². The van der Waals surface area contributed by atoms with Crippen molar-refractivity contribution in [2.24, 2.45) is 0 Å². The third-order valence-electron chi connectivity index (χ3n) is 3.45. The summed E-state index contributed by atoms with van der Waals surface area (Å²) in [5, 5.41) is 10.2. The molecule has 0 spiro atoms. The molecular weight excluding hydrogens is 208 g/mol. The fourth-order valence-corrected chi connectivity index (χ4v) is 3.78. The van der Waals surface area contributed by atoms with Crippen molar-refractivity contribution < 1.29 is 9.68 Å². The zero-order valence-electron chi connectivity index (χ0n) is 9.59. The summed E-state index contributed by atoms with van der Waals surface area (Å²) in [6.07, 6.45) is 4.26. The second-order valence-electron chi connectivity index (χ2n) is 4.60. The predicted octanol–water partition coefficient (Wildman–Crippen LogP) is 0.618. The number of hydrogen-bond donors (Lipinski definition) is 1. The largest absolute Gasteiger partial charge is 0.392 e. The Labute approximate surface area is 96.2 Å². The molecule has 2 rings (SSSR count). The van der Waals surface area contributed by atoms with Gasteiger partial charge in [0.25, 0.3) is 0 Å². The topological polar surface area (TPSA) is 26.5 Å². The van der Waals surface area contributed by atoms with Gasteiger partial charge in [0.2, 0.25) is 5.37 Å². The van der Waals surface area contributed by atoms with Gasteiger partial charge in [0, 0.05) is 6.54 Å². The van der Waals surface area contributed by atoms with Crippen LogP contribution in [-0.2, 0) is 0 Å². The summed E-state index contributed by atoms with van der Waals surface area (Å²) in [6.45, 7) is 4.28. The number of nitrogens with zero attached hydrogens (tertiary/aromatic N) is 2. The van der Waals surface area contributed by atoms with Crippen molar-refractivity contribution in [1.29, 1.82) is 0 Å². The van der Waals surface area contributed by atoms with Gasteiger partial charge in [-0.1, -0.05) is 11.8 Å². The minimum absolute atomic E-state index is 0.109. The molecule has 0 aliphatic carbocycles. The van der Waals surface area contributed by atoms with Crippen LogP contribution in [0.15, 0.2) is 0 Å². The van der Waals surface area contributed by atoms with E-state index in [4.69, 9.17) is 0 Å². The molecule has 86 valence electrons. The van der Waals surface area contributed by atoms with Gasteiger partial charge in [0.05, 0.1) is 17.9 Å². The molecule has 2 heterocycles. The number of thioether (sulfide) groups is 1. The van der Waals surface area contributed by atoms with Crippen LogP contribution in [0, 0.1) is 0 Å². The second-order valence-corrected chi connectivity index (χ2v) is 5.75. The third kappa shape index (κ3) is 2.55. The number of likely N-dealkylation sites (tertiary alicyclic amines) is 1. The number of likely N-dealkylation sites (N-methyl/N-ethyl adjacent to an activating group) is 1. The van der Waals surface area contributed by atoms with Crippen molar-refractivity contribution in [2.45, 2.75) is 37.3 Å². The van der Waals surface area contributed by atoms with Crippen LogP contribution in [0.1, 0.15) is 19.8 Å². The lowest BCUT2D eigenvalue weighted by Crippen LogP contribution is -2.49. The summed E-state index contributed by atoms with van der Waals surface area (Å²) in [4.78, 5) is 2.43. The molecule has 0 bridgehead atoms. The Morgan fingerprint density at radius 2 is 2.40 bits per heavy atom. The summed E-state index contributed by atoms with van der Waals surface area (Å²) in [7, 11) is 2.15. The average Bonchev–Trinajstić information content (AvgIpc) is 2.63. The fraction of sp³-hybridized carbons (Fsp3) is 0.909. The highest BCUT2D eigenvalue weighted by atomic mass is 32.2. The number of aliphatic hydroxyl groups is 1. The van der Waals surface area contributed by atoms with Gasteiger partial charge >= 0.3 is 0 Å². The fourth-order valence-electron chi connectivity index (χ4n) is 2.49.